The average molecular weight is 402 g/mol. The molecule has 0 bridgehead atoms. The molecule has 0 fully saturated rings. The number of carbonyl (C=O) groups excluding carboxylic acids is 1. The Balaban J connectivity index is 1.96. The molecule has 0 aliphatic carbocycles. The van der Waals surface area contributed by atoms with Gasteiger partial charge in [0.05, 0.1) is 35.7 Å². The molecule has 1 aliphatic rings. The van der Waals surface area contributed by atoms with Crippen LogP contribution in [0.3, 0.4) is 0 Å². The summed E-state index contributed by atoms with van der Waals surface area (Å²) >= 11 is 1.16. The third-order valence-electron chi connectivity index (χ3n) is 4.25. The Labute approximate surface area is 161 Å². The van der Waals surface area contributed by atoms with Crippen LogP contribution in [-0.4, -0.2) is 46.5 Å². The number of thioether (sulfide) groups is 1. The summed E-state index contributed by atoms with van der Waals surface area (Å²) in [6.07, 6.45) is 3.51. The fourth-order valence-electron chi connectivity index (χ4n) is 2.60. The van der Waals surface area contributed by atoms with Gasteiger partial charge in [-0.25, -0.2) is 4.68 Å². The monoisotopic (exact) mass is 402 g/mol. The van der Waals surface area contributed by atoms with Crippen LogP contribution in [0.2, 0.25) is 0 Å². The molecule has 0 saturated carbocycles. The van der Waals surface area contributed by atoms with E-state index in [2.05, 4.69) is 10.4 Å². The number of amides is 1. The van der Waals surface area contributed by atoms with Crippen LogP contribution in [0, 0.1) is 12.8 Å². The molecular formula is C18H25F3N4OS. The fourth-order valence-corrected chi connectivity index (χ4v) is 3.63. The number of rotatable bonds is 8. The lowest BCUT2D eigenvalue weighted by Gasteiger charge is -2.20. The van der Waals surface area contributed by atoms with Gasteiger partial charge in [0.1, 0.15) is 0 Å². The molecule has 1 amide bonds. The minimum atomic E-state index is -4.18. The molecule has 1 aromatic rings. The molecule has 9 heteroatoms. The highest BCUT2D eigenvalue weighted by atomic mass is 32.2. The van der Waals surface area contributed by atoms with Crippen LogP contribution < -0.4 is 10.2 Å². The second-order valence-corrected chi connectivity index (χ2v) is 7.50. The van der Waals surface area contributed by atoms with Gasteiger partial charge in [-0.15, -0.1) is 0 Å². The molecule has 27 heavy (non-hydrogen) atoms. The van der Waals surface area contributed by atoms with E-state index in [0.717, 1.165) is 35.8 Å². The maximum absolute atomic E-state index is 12.6. The number of nitrogens with zero attached hydrogens (tertiary/aromatic N) is 3. The molecule has 0 aromatic carbocycles. The molecule has 0 saturated heterocycles. The van der Waals surface area contributed by atoms with Crippen molar-refractivity contribution in [1.82, 2.24) is 15.1 Å². The van der Waals surface area contributed by atoms with Crippen LogP contribution in [0.25, 0.3) is 5.70 Å². The third kappa shape index (κ3) is 5.79. The van der Waals surface area contributed by atoms with E-state index in [-0.39, 0.29) is 18.1 Å². The molecule has 150 valence electrons. The van der Waals surface area contributed by atoms with Gasteiger partial charge >= 0.3 is 6.18 Å². The lowest BCUT2D eigenvalue weighted by molar-refractivity contribution is -0.162. The minimum Gasteiger partial charge on any atom is -0.385 e. The zero-order valence-corrected chi connectivity index (χ0v) is 16.5. The Bertz CT molecular complexity index is 712. The quantitative estimate of drug-likeness (QED) is 0.672. The first-order valence-corrected chi connectivity index (χ1v) is 10.00. The number of carbonyl (C=O) groups is 1. The summed E-state index contributed by atoms with van der Waals surface area (Å²) < 4.78 is 39.3. The number of dihydropyridines is 1. The van der Waals surface area contributed by atoms with E-state index >= 15 is 0 Å². The molecule has 0 radical (unpaired) electrons. The van der Waals surface area contributed by atoms with E-state index in [4.69, 9.17) is 0 Å². The van der Waals surface area contributed by atoms with Gasteiger partial charge in [0.15, 0.2) is 0 Å². The van der Waals surface area contributed by atoms with Gasteiger partial charge in [-0.3, -0.25) is 4.79 Å². The van der Waals surface area contributed by atoms with Gasteiger partial charge in [-0.2, -0.15) is 30.0 Å². The first kappa shape index (κ1) is 21.4. The molecule has 1 aromatic heterocycles. The number of halogens is 3. The maximum atomic E-state index is 12.6. The van der Waals surface area contributed by atoms with Gasteiger partial charge < -0.3 is 10.2 Å². The lowest BCUT2D eigenvalue weighted by Crippen LogP contribution is -2.31. The number of aryl methyl sites for hydroxylation is 1. The van der Waals surface area contributed by atoms with Crippen LogP contribution in [0.15, 0.2) is 24.5 Å². The highest BCUT2D eigenvalue weighted by Gasteiger charge is 2.35. The molecule has 5 nitrogen and oxygen atoms in total. The summed E-state index contributed by atoms with van der Waals surface area (Å²) in [4.78, 5) is 14.2. The topological polar surface area (TPSA) is 50.2 Å². The van der Waals surface area contributed by atoms with Crippen LogP contribution in [0.4, 0.5) is 18.9 Å². The van der Waals surface area contributed by atoms with E-state index in [1.165, 1.54) is 0 Å². The van der Waals surface area contributed by atoms with Crippen molar-refractivity contribution < 1.29 is 18.0 Å². The Morgan fingerprint density at radius 2 is 2.22 bits per heavy atom. The first-order chi connectivity index (χ1) is 12.7. The third-order valence-corrected chi connectivity index (χ3v) is 5.48. The minimum absolute atomic E-state index is 0.0332. The molecule has 1 atom stereocenters. The van der Waals surface area contributed by atoms with Gasteiger partial charge in [0.25, 0.3) is 0 Å². The molecule has 1 N–H and O–H groups in total. The van der Waals surface area contributed by atoms with E-state index < -0.39 is 12.1 Å². The van der Waals surface area contributed by atoms with Crippen molar-refractivity contribution in [3.05, 3.63) is 30.2 Å². The molecule has 1 aliphatic heterocycles. The fraction of sp³-hybridized carbons (Fsp3) is 0.556. The van der Waals surface area contributed by atoms with Crippen molar-refractivity contribution in [3.63, 3.8) is 0 Å². The van der Waals surface area contributed by atoms with Gasteiger partial charge in [0, 0.05) is 24.5 Å². The number of aromatic nitrogens is 2. The van der Waals surface area contributed by atoms with Gasteiger partial charge in [0.2, 0.25) is 5.91 Å². The summed E-state index contributed by atoms with van der Waals surface area (Å²) in [5.41, 5.74) is 2.43. The summed E-state index contributed by atoms with van der Waals surface area (Å²) in [7, 11) is 0. The molecule has 2 heterocycles. The largest absolute Gasteiger partial charge is 0.392 e. The number of hydrogen-bond donors (Lipinski definition) is 1. The molecule has 0 spiro atoms. The highest BCUT2D eigenvalue weighted by Crippen LogP contribution is 2.29. The number of anilines is 1. The van der Waals surface area contributed by atoms with E-state index in [9.17, 15) is 18.0 Å². The second kappa shape index (κ2) is 9.34. The molecule has 1 unspecified atom stereocenters. The molecular weight excluding hydrogens is 377 g/mol. The SMILES string of the molecule is CCN(C(=O)CCSCC(C)C(F)(F)F)c1cn(C2=CC=CNC2)nc1C. The summed E-state index contributed by atoms with van der Waals surface area (Å²) in [6.45, 7) is 6.00. The zero-order valence-electron chi connectivity index (χ0n) is 15.7. The standard InChI is InChI=1S/C18H25F3N4OS/c1-4-24(17(26)7-9-27-12-13(2)18(19,20)21)16-11-25(23-14(16)3)15-6-5-8-22-10-15/h5-6,8,11,13,22H,4,7,9-10,12H2,1-3H3. The highest BCUT2D eigenvalue weighted by molar-refractivity contribution is 7.99. The van der Waals surface area contributed by atoms with Crippen LogP contribution in [0.5, 0.6) is 0 Å². The number of alkyl halides is 3. The van der Waals surface area contributed by atoms with Crippen molar-refractivity contribution in [1.29, 1.82) is 0 Å². The Hall–Kier alpha value is -1.90. The second-order valence-electron chi connectivity index (χ2n) is 6.35. The summed E-state index contributed by atoms with van der Waals surface area (Å²) in [5.74, 6) is -1.15. The van der Waals surface area contributed by atoms with Gasteiger partial charge in [-0.1, -0.05) is 6.92 Å². The van der Waals surface area contributed by atoms with Crippen molar-refractivity contribution >= 4 is 29.1 Å². The Morgan fingerprint density at radius 3 is 2.81 bits per heavy atom. The van der Waals surface area contributed by atoms with Gasteiger partial charge in [-0.05, 0) is 32.2 Å². The Morgan fingerprint density at radius 1 is 1.48 bits per heavy atom. The molecule has 2 rings (SSSR count). The summed E-state index contributed by atoms with van der Waals surface area (Å²) in [5, 5.41) is 7.59. The zero-order chi connectivity index (χ0) is 20.0. The van der Waals surface area contributed by atoms with Crippen LogP contribution in [-0.2, 0) is 4.79 Å². The first-order valence-electron chi connectivity index (χ1n) is 8.84. The Kier molecular flexibility index (Phi) is 7.41. The summed E-state index contributed by atoms with van der Waals surface area (Å²) in [6, 6.07) is 0. The number of nitrogens with one attached hydrogen (secondary N) is 1. The smallest absolute Gasteiger partial charge is 0.385 e. The predicted molar refractivity (Wildman–Crippen MR) is 104 cm³/mol. The van der Waals surface area contributed by atoms with E-state index in [0.29, 0.717) is 18.8 Å². The average Bonchev–Trinajstić information content (AvgIpc) is 3.01. The predicted octanol–water partition coefficient (Wildman–Crippen LogP) is 3.82. The number of hydrogen-bond acceptors (Lipinski definition) is 4. The number of allylic oxidation sites excluding steroid dienone is 2. The van der Waals surface area contributed by atoms with Crippen molar-refractivity contribution in [2.45, 2.75) is 33.4 Å². The van der Waals surface area contributed by atoms with Crippen molar-refractivity contribution in [2.75, 3.05) is 29.5 Å². The normalized spacial score (nSPS) is 15.3. The van der Waals surface area contributed by atoms with Crippen LogP contribution in [0.1, 0.15) is 26.0 Å². The van der Waals surface area contributed by atoms with E-state index in [1.54, 1.807) is 9.58 Å². The van der Waals surface area contributed by atoms with Crippen molar-refractivity contribution in [2.24, 2.45) is 5.92 Å². The van der Waals surface area contributed by atoms with Crippen LogP contribution >= 0.6 is 11.8 Å². The van der Waals surface area contributed by atoms with Crippen molar-refractivity contribution in [3.8, 4) is 0 Å². The maximum Gasteiger partial charge on any atom is 0.392 e. The lowest BCUT2D eigenvalue weighted by atomic mass is 10.2. The van der Waals surface area contributed by atoms with E-state index in [1.807, 2.05) is 38.4 Å².